The SMILES string of the molecule is COC[C@]1(C(=O)O)[C@H](c2ccc(C)cc2)[C@@H]1S(=O)(=O)c1ccc(C)cc1. The molecule has 1 saturated carbocycles. The second kappa shape index (κ2) is 6.52. The van der Waals surface area contributed by atoms with Crippen molar-refractivity contribution in [3.8, 4) is 0 Å². The molecule has 0 heterocycles. The molecular formula is C20H22O5S. The van der Waals surface area contributed by atoms with Crippen LogP contribution < -0.4 is 0 Å². The van der Waals surface area contributed by atoms with Crippen molar-refractivity contribution in [3.63, 3.8) is 0 Å². The van der Waals surface area contributed by atoms with Crippen LogP contribution in [0.4, 0.5) is 0 Å². The van der Waals surface area contributed by atoms with E-state index in [4.69, 9.17) is 4.74 Å². The lowest BCUT2D eigenvalue weighted by atomic mass is 9.99. The Morgan fingerprint density at radius 3 is 2.00 bits per heavy atom. The first-order valence-corrected chi connectivity index (χ1v) is 9.89. The molecule has 0 aliphatic heterocycles. The highest BCUT2D eigenvalue weighted by atomic mass is 32.2. The summed E-state index contributed by atoms with van der Waals surface area (Å²) in [6, 6.07) is 13.8. The predicted molar refractivity (Wildman–Crippen MR) is 98.0 cm³/mol. The number of ether oxygens (including phenoxy) is 1. The summed E-state index contributed by atoms with van der Waals surface area (Å²) in [7, 11) is -2.43. The molecule has 3 rings (SSSR count). The van der Waals surface area contributed by atoms with Crippen LogP contribution in [0, 0.1) is 19.3 Å². The molecule has 26 heavy (non-hydrogen) atoms. The van der Waals surface area contributed by atoms with Crippen molar-refractivity contribution in [1.82, 2.24) is 0 Å². The van der Waals surface area contributed by atoms with Crippen LogP contribution >= 0.6 is 0 Å². The number of rotatable bonds is 6. The van der Waals surface area contributed by atoms with Crippen LogP contribution in [0.3, 0.4) is 0 Å². The quantitative estimate of drug-likeness (QED) is 0.841. The Morgan fingerprint density at radius 1 is 1.04 bits per heavy atom. The fraction of sp³-hybridized carbons (Fsp3) is 0.350. The first kappa shape index (κ1) is 18.6. The Hall–Kier alpha value is -2.18. The average Bonchev–Trinajstić information content (AvgIpc) is 3.27. The van der Waals surface area contributed by atoms with Crippen LogP contribution in [-0.4, -0.2) is 38.5 Å². The number of benzene rings is 2. The molecule has 2 aromatic carbocycles. The highest BCUT2D eigenvalue weighted by Crippen LogP contribution is 2.64. The number of methoxy groups -OCH3 is 1. The smallest absolute Gasteiger partial charge is 0.314 e. The molecule has 0 saturated heterocycles. The molecule has 2 aromatic rings. The van der Waals surface area contributed by atoms with E-state index in [0.29, 0.717) is 5.56 Å². The summed E-state index contributed by atoms with van der Waals surface area (Å²) in [5, 5.41) is 8.84. The van der Waals surface area contributed by atoms with E-state index in [1.807, 2.05) is 26.0 Å². The van der Waals surface area contributed by atoms with E-state index in [-0.39, 0.29) is 11.5 Å². The monoisotopic (exact) mass is 374 g/mol. The van der Waals surface area contributed by atoms with Gasteiger partial charge in [-0.25, -0.2) is 8.42 Å². The van der Waals surface area contributed by atoms with Gasteiger partial charge in [0.15, 0.2) is 9.84 Å². The summed E-state index contributed by atoms with van der Waals surface area (Å²) >= 11 is 0. The highest BCUT2D eigenvalue weighted by molar-refractivity contribution is 7.92. The number of carboxylic acids is 1. The first-order valence-electron chi connectivity index (χ1n) is 8.34. The van der Waals surface area contributed by atoms with Gasteiger partial charge in [-0.1, -0.05) is 47.5 Å². The summed E-state index contributed by atoms with van der Waals surface area (Å²) in [6.07, 6.45) is 0. The fourth-order valence-electron chi connectivity index (χ4n) is 3.71. The van der Waals surface area contributed by atoms with Crippen molar-refractivity contribution >= 4 is 15.8 Å². The third-order valence-corrected chi connectivity index (χ3v) is 7.45. The molecule has 6 heteroatoms. The molecule has 138 valence electrons. The number of hydrogen-bond acceptors (Lipinski definition) is 4. The van der Waals surface area contributed by atoms with Crippen LogP contribution in [0.2, 0.25) is 0 Å². The van der Waals surface area contributed by atoms with Crippen LogP contribution in [0.25, 0.3) is 0 Å². The lowest BCUT2D eigenvalue weighted by Gasteiger charge is -2.12. The number of carboxylic acid groups (broad SMARTS) is 1. The Balaban J connectivity index is 2.11. The Labute approximate surface area is 153 Å². The standard InChI is InChI=1S/C20H22O5S/c1-13-4-8-15(9-5-13)17-18(20(17,12-25-3)19(21)22)26(23,24)16-10-6-14(2)7-11-16/h4-11,17-18H,12H2,1-3H3,(H,21,22)/t17-,18+,20+/m1/s1. The zero-order valence-electron chi connectivity index (χ0n) is 15.0. The summed E-state index contributed by atoms with van der Waals surface area (Å²) in [6.45, 7) is 3.64. The van der Waals surface area contributed by atoms with Crippen LogP contribution in [-0.2, 0) is 19.4 Å². The van der Waals surface area contributed by atoms with Crippen molar-refractivity contribution < 1.29 is 23.1 Å². The fourth-order valence-corrected chi connectivity index (χ4v) is 6.07. The number of sulfone groups is 1. The van der Waals surface area contributed by atoms with Crippen LogP contribution in [0.1, 0.15) is 22.6 Å². The second-order valence-electron chi connectivity index (χ2n) is 6.95. The van der Waals surface area contributed by atoms with Gasteiger partial charge in [0.1, 0.15) is 5.41 Å². The molecule has 1 aliphatic carbocycles. The van der Waals surface area contributed by atoms with E-state index < -0.39 is 32.4 Å². The van der Waals surface area contributed by atoms with E-state index in [0.717, 1.165) is 11.1 Å². The lowest BCUT2D eigenvalue weighted by molar-refractivity contribution is -0.145. The molecule has 3 atom stereocenters. The van der Waals surface area contributed by atoms with Crippen molar-refractivity contribution in [2.75, 3.05) is 13.7 Å². The molecule has 5 nitrogen and oxygen atoms in total. The Morgan fingerprint density at radius 2 is 1.54 bits per heavy atom. The van der Waals surface area contributed by atoms with E-state index in [9.17, 15) is 18.3 Å². The minimum absolute atomic E-state index is 0.143. The van der Waals surface area contributed by atoms with Gasteiger partial charge in [-0.2, -0.15) is 0 Å². The maximum Gasteiger partial charge on any atom is 0.314 e. The molecule has 0 spiro atoms. The van der Waals surface area contributed by atoms with Crippen molar-refractivity contribution in [2.45, 2.75) is 29.9 Å². The van der Waals surface area contributed by atoms with Gasteiger partial charge in [0.25, 0.3) is 0 Å². The molecule has 0 bridgehead atoms. The third-order valence-electron chi connectivity index (χ3n) is 5.16. The Bertz CT molecular complexity index is 916. The molecular weight excluding hydrogens is 352 g/mol. The van der Waals surface area contributed by atoms with Crippen LogP contribution in [0.5, 0.6) is 0 Å². The Kier molecular flexibility index (Phi) is 4.67. The predicted octanol–water partition coefficient (Wildman–Crippen LogP) is 2.96. The van der Waals surface area contributed by atoms with E-state index in [2.05, 4.69) is 0 Å². The molecule has 1 N–H and O–H groups in total. The zero-order valence-corrected chi connectivity index (χ0v) is 15.8. The van der Waals surface area contributed by atoms with Crippen molar-refractivity contribution in [1.29, 1.82) is 0 Å². The highest BCUT2D eigenvalue weighted by Gasteiger charge is 2.76. The van der Waals surface area contributed by atoms with Gasteiger partial charge in [0, 0.05) is 13.0 Å². The van der Waals surface area contributed by atoms with Gasteiger partial charge < -0.3 is 9.84 Å². The number of hydrogen-bond donors (Lipinski definition) is 1. The molecule has 0 aromatic heterocycles. The average molecular weight is 374 g/mol. The summed E-state index contributed by atoms with van der Waals surface area (Å²) in [4.78, 5) is 12.3. The van der Waals surface area contributed by atoms with Crippen LogP contribution in [0.15, 0.2) is 53.4 Å². The number of carbonyl (C=O) groups is 1. The molecule has 1 fully saturated rings. The minimum atomic E-state index is -3.83. The summed E-state index contributed by atoms with van der Waals surface area (Å²) in [5.41, 5.74) is 1.19. The van der Waals surface area contributed by atoms with Gasteiger partial charge >= 0.3 is 5.97 Å². The largest absolute Gasteiger partial charge is 0.481 e. The molecule has 0 radical (unpaired) electrons. The molecule has 1 aliphatic rings. The van der Waals surface area contributed by atoms with Gasteiger partial charge in [-0.05, 0) is 31.5 Å². The summed E-state index contributed by atoms with van der Waals surface area (Å²) < 4.78 is 31.6. The van der Waals surface area contributed by atoms with Crippen molar-refractivity contribution in [2.24, 2.45) is 5.41 Å². The topological polar surface area (TPSA) is 80.7 Å². The lowest BCUT2D eigenvalue weighted by Crippen LogP contribution is -2.28. The minimum Gasteiger partial charge on any atom is -0.481 e. The van der Waals surface area contributed by atoms with Gasteiger partial charge in [0.2, 0.25) is 0 Å². The van der Waals surface area contributed by atoms with Gasteiger partial charge in [0.05, 0.1) is 16.8 Å². The van der Waals surface area contributed by atoms with E-state index >= 15 is 0 Å². The normalized spacial score (nSPS) is 25.0. The second-order valence-corrected chi connectivity index (χ2v) is 9.01. The first-order chi connectivity index (χ1) is 12.2. The maximum atomic E-state index is 13.2. The zero-order chi connectivity index (χ0) is 19.1. The summed E-state index contributed by atoms with van der Waals surface area (Å²) in [5.74, 6) is -1.79. The third kappa shape index (κ3) is 2.83. The maximum absolute atomic E-state index is 13.2. The number of aliphatic carboxylic acids is 1. The van der Waals surface area contributed by atoms with Gasteiger partial charge in [-0.3, -0.25) is 4.79 Å². The van der Waals surface area contributed by atoms with Gasteiger partial charge in [-0.15, -0.1) is 0 Å². The van der Waals surface area contributed by atoms with E-state index in [1.165, 1.54) is 19.2 Å². The molecule has 0 unspecified atom stereocenters. The number of aryl methyl sites for hydroxylation is 2. The molecule has 0 amide bonds. The van der Waals surface area contributed by atoms with E-state index in [1.54, 1.807) is 24.3 Å². The van der Waals surface area contributed by atoms with Crippen molar-refractivity contribution in [3.05, 3.63) is 65.2 Å².